The van der Waals surface area contributed by atoms with Crippen LogP contribution in [-0.2, 0) is 4.74 Å². The maximum absolute atomic E-state index is 12.0. The maximum Gasteiger partial charge on any atom is 0.411 e. The van der Waals surface area contributed by atoms with E-state index in [1.807, 2.05) is 18.2 Å². The lowest BCUT2D eigenvalue weighted by Crippen LogP contribution is -2.53. The minimum absolute atomic E-state index is 0.185. The van der Waals surface area contributed by atoms with Gasteiger partial charge in [-0.2, -0.15) is 0 Å². The van der Waals surface area contributed by atoms with Gasteiger partial charge in [0.25, 0.3) is 0 Å². The van der Waals surface area contributed by atoms with Gasteiger partial charge in [-0.05, 0) is 25.0 Å². The van der Waals surface area contributed by atoms with Gasteiger partial charge in [-0.1, -0.05) is 18.2 Å². The number of hydrogen-bond donors (Lipinski definition) is 1. The molecule has 1 atom stereocenters. The molecular weight excluding hydrogens is 254 g/mol. The van der Waals surface area contributed by atoms with Crippen LogP contribution in [0.2, 0.25) is 0 Å². The zero-order valence-corrected chi connectivity index (χ0v) is 11.6. The Morgan fingerprint density at radius 3 is 2.65 bits per heavy atom. The van der Waals surface area contributed by atoms with Crippen molar-refractivity contribution in [1.82, 2.24) is 10.2 Å². The SMILES string of the molecule is O=C(OC1CN(c2ccccc2)CCN1)N1CCCC1. The average molecular weight is 275 g/mol. The first-order chi connectivity index (χ1) is 9.83. The number of para-hydroxylation sites is 1. The fourth-order valence-corrected chi connectivity index (χ4v) is 2.76. The van der Waals surface area contributed by atoms with Crippen molar-refractivity contribution in [3.8, 4) is 0 Å². The first-order valence-electron chi connectivity index (χ1n) is 7.32. The third-order valence-corrected chi connectivity index (χ3v) is 3.87. The average Bonchev–Trinajstić information content (AvgIpc) is 3.03. The summed E-state index contributed by atoms with van der Waals surface area (Å²) < 4.78 is 5.56. The van der Waals surface area contributed by atoms with Crippen LogP contribution in [0.25, 0.3) is 0 Å². The van der Waals surface area contributed by atoms with E-state index < -0.39 is 0 Å². The van der Waals surface area contributed by atoms with Crippen LogP contribution in [0.15, 0.2) is 30.3 Å². The van der Waals surface area contributed by atoms with Crippen LogP contribution in [0, 0.1) is 0 Å². The van der Waals surface area contributed by atoms with Gasteiger partial charge in [0.1, 0.15) is 0 Å². The van der Waals surface area contributed by atoms with Crippen molar-refractivity contribution in [3.63, 3.8) is 0 Å². The second-order valence-corrected chi connectivity index (χ2v) is 5.30. The van der Waals surface area contributed by atoms with Crippen molar-refractivity contribution in [2.45, 2.75) is 19.1 Å². The molecule has 108 valence electrons. The van der Waals surface area contributed by atoms with E-state index in [-0.39, 0.29) is 12.3 Å². The summed E-state index contributed by atoms with van der Waals surface area (Å²) in [5.74, 6) is 0. The third kappa shape index (κ3) is 3.04. The van der Waals surface area contributed by atoms with Crippen molar-refractivity contribution in [1.29, 1.82) is 0 Å². The number of amides is 1. The normalized spacial score (nSPS) is 22.9. The number of nitrogens with zero attached hydrogens (tertiary/aromatic N) is 2. The van der Waals surface area contributed by atoms with Gasteiger partial charge in [0.15, 0.2) is 6.23 Å². The highest BCUT2D eigenvalue weighted by Gasteiger charge is 2.26. The summed E-state index contributed by atoms with van der Waals surface area (Å²) in [5.41, 5.74) is 1.18. The zero-order valence-electron chi connectivity index (χ0n) is 11.6. The second-order valence-electron chi connectivity index (χ2n) is 5.30. The summed E-state index contributed by atoms with van der Waals surface area (Å²) in [7, 11) is 0. The van der Waals surface area contributed by atoms with E-state index in [4.69, 9.17) is 4.74 Å². The second kappa shape index (κ2) is 6.13. The summed E-state index contributed by atoms with van der Waals surface area (Å²) in [4.78, 5) is 16.0. The van der Waals surface area contributed by atoms with E-state index >= 15 is 0 Å². The molecule has 0 bridgehead atoms. The standard InChI is InChI=1S/C15H21N3O2/c19-15(17-9-4-5-10-17)20-14-12-18(11-8-16-14)13-6-2-1-3-7-13/h1-3,6-7,14,16H,4-5,8-12H2. The number of anilines is 1. The Bertz CT molecular complexity index is 446. The van der Waals surface area contributed by atoms with Crippen molar-refractivity contribution >= 4 is 11.8 Å². The van der Waals surface area contributed by atoms with Crippen LogP contribution >= 0.6 is 0 Å². The highest BCUT2D eigenvalue weighted by atomic mass is 16.6. The summed E-state index contributed by atoms with van der Waals surface area (Å²) in [6.07, 6.45) is 1.76. The molecule has 1 unspecified atom stereocenters. The van der Waals surface area contributed by atoms with Gasteiger partial charge in [0.2, 0.25) is 0 Å². The molecule has 1 N–H and O–H groups in total. The topological polar surface area (TPSA) is 44.8 Å². The van der Waals surface area contributed by atoms with E-state index in [0.29, 0.717) is 6.54 Å². The highest BCUT2D eigenvalue weighted by molar-refractivity contribution is 5.68. The minimum atomic E-state index is -0.225. The molecule has 0 saturated carbocycles. The van der Waals surface area contributed by atoms with Gasteiger partial charge < -0.3 is 14.5 Å². The third-order valence-electron chi connectivity index (χ3n) is 3.87. The van der Waals surface area contributed by atoms with Gasteiger partial charge in [-0.3, -0.25) is 5.32 Å². The predicted octanol–water partition coefficient (Wildman–Crippen LogP) is 1.65. The van der Waals surface area contributed by atoms with Gasteiger partial charge >= 0.3 is 6.09 Å². The van der Waals surface area contributed by atoms with Crippen LogP contribution in [0.1, 0.15) is 12.8 Å². The summed E-state index contributed by atoms with van der Waals surface area (Å²) in [6, 6.07) is 10.2. The predicted molar refractivity (Wildman–Crippen MR) is 77.7 cm³/mol. The molecule has 20 heavy (non-hydrogen) atoms. The fourth-order valence-electron chi connectivity index (χ4n) is 2.76. The molecule has 1 aromatic rings. The monoisotopic (exact) mass is 275 g/mol. The van der Waals surface area contributed by atoms with E-state index in [2.05, 4.69) is 22.3 Å². The number of rotatable bonds is 2. The van der Waals surface area contributed by atoms with E-state index in [1.165, 1.54) is 5.69 Å². The molecule has 0 spiro atoms. The van der Waals surface area contributed by atoms with Gasteiger partial charge in [-0.15, -0.1) is 0 Å². The Morgan fingerprint density at radius 1 is 1.15 bits per heavy atom. The number of piperazine rings is 1. The number of likely N-dealkylation sites (tertiary alicyclic amines) is 1. The number of carbonyl (C=O) groups is 1. The van der Waals surface area contributed by atoms with Crippen molar-refractivity contribution in [3.05, 3.63) is 30.3 Å². The van der Waals surface area contributed by atoms with Gasteiger partial charge in [-0.25, -0.2) is 4.79 Å². The number of ether oxygens (including phenoxy) is 1. The lowest BCUT2D eigenvalue weighted by Gasteiger charge is -2.35. The van der Waals surface area contributed by atoms with Crippen LogP contribution in [0.3, 0.4) is 0 Å². The molecule has 2 aliphatic heterocycles. The van der Waals surface area contributed by atoms with E-state index in [9.17, 15) is 4.79 Å². The van der Waals surface area contributed by atoms with Crippen molar-refractivity contribution < 1.29 is 9.53 Å². The molecule has 2 saturated heterocycles. The number of benzene rings is 1. The van der Waals surface area contributed by atoms with Gasteiger partial charge in [0, 0.05) is 31.9 Å². The Balaban J connectivity index is 1.56. The smallest absolute Gasteiger partial charge is 0.411 e. The Kier molecular flexibility index (Phi) is 4.06. The molecule has 5 heteroatoms. The number of hydrogen-bond acceptors (Lipinski definition) is 4. The summed E-state index contributed by atoms with van der Waals surface area (Å²) in [5, 5.41) is 3.26. The first-order valence-corrected chi connectivity index (χ1v) is 7.32. The molecule has 0 aromatic heterocycles. The molecule has 2 heterocycles. The summed E-state index contributed by atoms with van der Waals surface area (Å²) in [6.45, 7) is 4.11. The summed E-state index contributed by atoms with van der Waals surface area (Å²) >= 11 is 0. The number of carbonyl (C=O) groups excluding carboxylic acids is 1. The maximum atomic E-state index is 12.0. The quantitative estimate of drug-likeness (QED) is 0.891. The van der Waals surface area contributed by atoms with E-state index in [0.717, 1.165) is 39.0 Å². The lowest BCUT2D eigenvalue weighted by molar-refractivity contribution is 0.0505. The Morgan fingerprint density at radius 2 is 1.90 bits per heavy atom. The largest absolute Gasteiger partial charge is 0.428 e. The molecular formula is C15H21N3O2. The van der Waals surface area contributed by atoms with Crippen molar-refractivity contribution in [2.24, 2.45) is 0 Å². The molecule has 2 aliphatic rings. The first kappa shape index (κ1) is 13.2. The number of nitrogens with one attached hydrogen (secondary N) is 1. The molecule has 1 aromatic carbocycles. The van der Waals surface area contributed by atoms with Crippen LogP contribution in [0.5, 0.6) is 0 Å². The zero-order chi connectivity index (χ0) is 13.8. The molecule has 0 aliphatic carbocycles. The van der Waals surface area contributed by atoms with Crippen LogP contribution in [0.4, 0.5) is 10.5 Å². The molecule has 0 radical (unpaired) electrons. The molecule has 2 fully saturated rings. The molecule has 1 amide bonds. The van der Waals surface area contributed by atoms with Crippen LogP contribution < -0.4 is 10.2 Å². The lowest BCUT2D eigenvalue weighted by atomic mass is 10.2. The fraction of sp³-hybridized carbons (Fsp3) is 0.533. The molecule has 5 nitrogen and oxygen atoms in total. The Labute approximate surface area is 119 Å². The van der Waals surface area contributed by atoms with Crippen molar-refractivity contribution in [2.75, 3.05) is 37.6 Å². The highest BCUT2D eigenvalue weighted by Crippen LogP contribution is 2.16. The van der Waals surface area contributed by atoms with Gasteiger partial charge in [0.05, 0.1) is 6.54 Å². The van der Waals surface area contributed by atoms with E-state index in [1.54, 1.807) is 4.90 Å². The van der Waals surface area contributed by atoms with Crippen LogP contribution in [-0.4, -0.2) is 49.9 Å². The minimum Gasteiger partial charge on any atom is -0.428 e. The Hall–Kier alpha value is -1.75. The molecule has 3 rings (SSSR count).